The number of aliphatic carboxylic acids is 1. The van der Waals surface area contributed by atoms with E-state index < -0.39 is 41.2 Å². The molecular formula is C35H39F3N4O5S. The second-order valence-corrected chi connectivity index (χ2v) is 12.5. The van der Waals surface area contributed by atoms with Crippen LogP contribution in [0.3, 0.4) is 0 Å². The number of ether oxygens (including phenoxy) is 1. The third-order valence-electron chi connectivity index (χ3n) is 7.62. The van der Waals surface area contributed by atoms with Crippen molar-refractivity contribution >= 4 is 23.2 Å². The summed E-state index contributed by atoms with van der Waals surface area (Å²) in [5.41, 5.74) is 3.16. The molecular weight excluding hydrogens is 645 g/mol. The van der Waals surface area contributed by atoms with Gasteiger partial charge in [-0.2, -0.15) is 13.2 Å². The van der Waals surface area contributed by atoms with Gasteiger partial charge in [0.15, 0.2) is 5.82 Å². The zero-order valence-corrected chi connectivity index (χ0v) is 27.5. The Balaban J connectivity index is 1.39. The van der Waals surface area contributed by atoms with Crippen LogP contribution in [0.2, 0.25) is 0 Å². The molecule has 1 amide bonds. The summed E-state index contributed by atoms with van der Waals surface area (Å²) < 4.78 is 45.0. The van der Waals surface area contributed by atoms with E-state index in [4.69, 9.17) is 4.74 Å². The monoisotopic (exact) mass is 684 g/mol. The number of carboxylic acids is 1. The number of hydrogen-bond acceptors (Lipinski definition) is 8. The number of carboxylic acid groups (broad SMARTS) is 1. The normalized spacial score (nSPS) is 13.5. The smallest absolute Gasteiger partial charge is 0.425 e. The Morgan fingerprint density at radius 3 is 2.15 bits per heavy atom. The Bertz CT molecular complexity index is 1610. The first-order chi connectivity index (χ1) is 22.9. The Kier molecular flexibility index (Phi) is 13.1. The number of alkyl halides is 3. The molecule has 0 aliphatic carbocycles. The highest BCUT2D eigenvalue weighted by molar-refractivity contribution is 7.14. The number of nitrogens with one attached hydrogen (secondary N) is 2. The third-order valence-corrected chi connectivity index (χ3v) is 8.75. The van der Waals surface area contributed by atoms with Gasteiger partial charge in [0.2, 0.25) is 0 Å². The summed E-state index contributed by atoms with van der Waals surface area (Å²) in [6, 6.07) is 14.5. The molecule has 2 aromatic carbocycles. The number of unbranched alkanes of at least 4 members (excludes halogenated alkanes) is 4. The first-order valence-corrected chi connectivity index (χ1v) is 16.6. The standard InChI is InChI=1S/C35H39F3N4O5S/c1-3-4-5-6-7-18-47-27-14-12-24(13-15-27)26-20-39-31(40-21-26)25-10-8-23(9-11-25)19-28(32(43)41-22(2)34(45)46)42-33(44)29-16-17-30(48-29)35(36,37)38/h8-17,20-22,28,32,41,43H,3-7,18-19H2,1-2H3,(H,42,44)(H,45,46)/t22-,28+,32?/m1/s1. The largest absolute Gasteiger partial charge is 0.494 e. The maximum atomic E-state index is 13.1. The molecule has 0 aliphatic rings. The van der Waals surface area contributed by atoms with Crippen LogP contribution in [0.15, 0.2) is 73.1 Å². The van der Waals surface area contributed by atoms with E-state index in [9.17, 15) is 33.0 Å². The van der Waals surface area contributed by atoms with Gasteiger partial charge in [-0.15, -0.1) is 11.3 Å². The summed E-state index contributed by atoms with van der Waals surface area (Å²) in [5, 5.41) is 25.1. The van der Waals surface area contributed by atoms with Gasteiger partial charge in [0.05, 0.1) is 17.5 Å². The SMILES string of the molecule is CCCCCCCOc1ccc(-c2cnc(-c3ccc(C[C@H](NC(=O)c4ccc(C(F)(F)F)s4)C(O)N[C@H](C)C(=O)O)cc3)nc2)cc1. The number of nitrogens with zero attached hydrogens (tertiary/aromatic N) is 2. The minimum Gasteiger partial charge on any atom is -0.494 e. The van der Waals surface area contributed by atoms with Gasteiger partial charge in [-0.1, -0.05) is 69.0 Å². The summed E-state index contributed by atoms with van der Waals surface area (Å²) in [6.45, 7) is 4.20. The highest BCUT2D eigenvalue weighted by Gasteiger charge is 2.34. The van der Waals surface area contributed by atoms with Crippen LogP contribution in [0.25, 0.3) is 22.5 Å². The minimum atomic E-state index is -4.60. The first-order valence-electron chi connectivity index (χ1n) is 15.7. The van der Waals surface area contributed by atoms with E-state index in [1.807, 2.05) is 24.3 Å². The highest BCUT2D eigenvalue weighted by atomic mass is 32.1. The van der Waals surface area contributed by atoms with Crippen molar-refractivity contribution in [2.24, 2.45) is 0 Å². The van der Waals surface area contributed by atoms with Crippen molar-refractivity contribution in [3.05, 3.63) is 88.4 Å². The number of carbonyl (C=O) groups is 2. The van der Waals surface area contributed by atoms with Gasteiger partial charge in [0.1, 0.15) is 22.9 Å². The molecule has 48 heavy (non-hydrogen) atoms. The Morgan fingerprint density at radius 1 is 0.896 bits per heavy atom. The summed E-state index contributed by atoms with van der Waals surface area (Å²) in [7, 11) is 0. The van der Waals surface area contributed by atoms with Gasteiger partial charge in [0.25, 0.3) is 5.91 Å². The molecule has 9 nitrogen and oxygen atoms in total. The van der Waals surface area contributed by atoms with E-state index in [1.165, 1.54) is 32.6 Å². The van der Waals surface area contributed by atoms with Crippen LogP contribution in [0.1, 0.15) is 66.1 Å². The number of aliphatic hydroxyl groups excluding tert-OH is 1. The second kappa shape index (κ2) is 17.2. The lowest BCUT2D eigenvalue weighted by molar-refractivity contribution is -0.140. The molecule has 0 saturated carbocycles. The van der Waals surface area contributed by atoms with E-state index >= 15 is 0 Å². The zero-order valence-electron chi connectivity index (χ0n) is 26.7. The van der Waals surface area contributed by atoms with Crippen LogP contribution >= 0.6 is 11.3 Å². The first kappa shape index (κ1) is 36.5. The molecule has 1 unspecified atom stereocenters. The quantitative estimate of drug-likeness (QED) is 0.0693. The summed E-state index contributed by atoms with van der Waals surface area (Å²) >= 11 is 0.279. The van der Waals surface area contributed by atoms with Gasteiger partial charge in [-0.25, -0.2) is 9.97 Å². The molecule has 4 aromatic rings. The van der Waals surface area contributed by atoms with Crippen molar-refractivity contribution in [2.75, 3.05) is 6.61 Å². The van der Waals surface area contributed by atoms with Crippen molar-refractivity contribution in [3.8, 4) is 28.3 Å². The molecule has 13 heteroatoms. The van der Waals surface area contributed by atoms with Crippen LogP contribution in [0.4, 0.5) is 13.2 Å². The summed E-state index contributed by atoms with van der Waals surface area (Å²) in [4.78, 5) is 32.1. The predicted octanol–water partition coefficient (Wildman–Crippen LogP) is 6.96. The van der Waals surface area contributed by atoms with Crippen LogP contribution < -0.4 is 15.4 Å². The topological polar surface area (TPSA) is 134 Å². The molecule has 0 bridgehead atoms. The fourth-order valence-electron chi connectivity index (χ4n) is 4.85. The van der Waals surface area contributed by atoms with Crippen molar-refractivity contribution in [3.63, 3.8) is 0 Å². The van der Waals surface area contributed by atoms with Crippen molar-refractivity contribution in [1.29, 1.82) is 0 Å². The molecule has 2 aromatic heterocycles. The molecule has 0 aliphatic heterocycles. The zero-order chi connectivity index (χ0) is 34.7. The van der Waals surface area contributed by atoms with Gasteiger partial charge < -0.3 is 20.3 Å². The van der Waals surface area contributed by atoms with E-state index in [0.717, 1.165) is 35.4 Å². The van der Waals surface area contributed by atoms with E-state index in [-0.39, 0.29) is 22.6 Å². The Morgan fingerprint density at radius 2 is 1.54 bits per heavy atom. The molecule has 0 saturated heterocycles. The lowest BCUT2D eigenvalue weighted by Gasteiger charge is -2.26. The van der Waals surface area contributed by atoms with Crippen LogP contribution in [-0.2, 0) is 17.4 Å². The van der Waals surface area contributed by atoms with Gasteiger partial charge in [-0.05, 0) is 55.2 Å². The van der Waals surface area contributed by atoms with E-state index in [1.54, 1.807) is 36.7 Å². The fourth-order valence-corrected chi connectivity index (χ4v) is 5.62. The molecule has 4 N–H and O–H groups in total. The van der Waals surface area contributed by atoms with Gasteiger partial charge in [0, 0.05) is 23.5 Å². The number of carbonyl (C=O) groups excluding carboxylic acids is 1. The number of rotatable bonds is 17. The third kappa shape index (κ3) is 10.6. The van der Waals surface area contributed by atoms with Crippen molar-refractivity contribution < 1.29 is 37.7 Å². The molecule has 0 radical (unpaired) electrons. The maximum absolute atomic E-state index is 13.1. The minimum absolute atomic E-state index is 0.0440. The number of hydrogen-bond donors (Lipinski definition) is 4. The Labute approximate surface area is 281 Å². The number of aromatic nitrogens is 2. The number of thiophene rings is 1. The van der Waals surface area contributed by atoms with E-state index in [0.29, 0.717) is 23.6 Å². The lowest BCUT2D eigenvalue weighted by atomic mass is 10.0. The average Bonchev–Trinajstić information content (AvgIpc) is 3.59. The van der Waals surface area contributed by atoms with E-state index in [2.05, 4.69) is 27.5 Å². The Hall–Kier alpha value is -4.33. The number of amides is 1. The maximum Gasteiger partial charge on any atom is 0.425 e. The molecule has 2 heterocycles. The number of benzene rings is 2. The molecule has 3 atom stereocenters. The fraction of sp³-hybridized carbons (Fsp3) is 0.371. The van der Waals surface area contributed by atoms with Crippen molar-refractivity contribution in [2.45, 2.75) is 76.9 Å². The number of aliphatic hydroxyl groups is 1. The van der Waals surface area contributed by atoms with Crippen LogP contribution in [0, 0.1) is 0 Å². The molecule has 4 rings (SSSR count). The lowest BCUT2D eigenvalue weighted by Crippen LogP contribution is -2.54. The summed E-state index contributed by atoms with van der Waals surface area (Å²) in [6.07, 6.45) is 3.27. The van der Waals surface area contributed by atoms with Gasteiger partial charge in [-0.3, -0.25) is 14.9 Å². The van der Waals surface area contributed by atoms with Crippen molar-refractivity contribution in [1.82, 2.24) is 20.6 Å². The average molecular weight is 685 g/mol. The highest BCUT2D eigenvalue weighted by Crippen LogP contribution is 2.34. The van der Waals surface area contributed by atoms with Crippen LogP contribution in [-0.4, -0.2) is 57.0 Å². The summed E-state index contributed by atoms with van der Waals surface area (Å²) in [5.74, 6) is -0.754. The second-order valence-electron chi connectivity index (χ2n) is 11.4. The van der Waals surface area contributed by atoms with Gasteiger partial charge >= 0.3 is 12.1 Å². The predicted molar refractivity (Wildman–Crippen MR) is 178 cm³/mol. The molecule has 0 fully saturated rings. The molecule has 256 valence electrons. The van der Waals surface area contributed by atoms with Crippen LogP contribution in [0.5, 0.6) is 5.75 Å². The molecule has 0 spiro atoms. The number of halogens is 3.